The second-order valence-electron chi connectivity index (χ2n) is 3.83. The summed E-state index contributed by atoms with van der Waals surface area (Å²) in [5, 5.41) is 6.19. The maximum absolute atomic E-state index is 11.8. The zero-order valence-corrected chi connectivity index (χ0v) is 11.3. The maximum atomic E-state index is 11.8. The highest BCUT2D eigenvalue weighted by molar-refractivity contribution is 6.34. The first-order valence-corrected chi connectivity index (χ1v) is 6.19. The molecular formula is C13H11Cl2N3O. The van der Waals surface area contributed by atoms with Gasteiger partial charge in [-0.15, -0.1) is 0 Å². The van der Waals surface area contributed by atoms with Crippen molar-refractivity contribution in [3.05, 3.63) is 52.5 Å². The van der Waals surface area contributed by atoms with Gasteiger partial charge in [-0.05, 0) is 36.4 Å². The van der Waals surface area contributed by atoms with Gasteiger partial charge >= 0.3 is 6.03 Å². The molecular weight excluding hydrogens is 285 g/mol. The van der Waals surface area contributed by atoms with Gasteiger partial charge in [-0.3, -0.25) is 0 Å². The highest BCUT2D eigenvalue weighted by Gasteiger charge is 2.06. The number of anilines is 3. The van der Waals surface area contributed by atoms with Crippen LogP contribution in [0.15, 0.2) is 42.5 Å². The zero-order valence-electron chi connectivity index (χ0n) is 9.78. The van der Waals surface area contributed by atoms with Gasteiger partial charge in [0, 0.05) is 16.4 Å². The smallest absolute Gasteiger partial charge is 0.323 e. The van der Waals surface area contributed by atoms with Crippen LogP contribution >= 0.6 is 23.2 Å². The Balaban J connectivity index is 2.05. The summed E-state index contributed by atoms with van der Waals surface area (Å²) in [5.41, 5.74) is 7.18. The van der Waals surface area contributed by atoms with Crippen molar-refractivity contribution in [2.45, 2.75) is 0 Å². The number of hydrogen-bond donors (Lipinski definition) is 3. The number of carbonyl (C=O) groups excluding carboxylic acids is 1. The van der Waals surface area contributed by atoms with Crippen molar-refractivity contribution in [3.8, 4) is 0 Å². The van der Waals surface area contributed by atoms with E-state index in [-0.39, 0.29) is 0 Å². The van der Waals surface area contributed by atoms with Crippen LogP contribution in [0.5, 0.6) is 0 Å². The number of benzene rings is 2. The van der Waals surface area contributed by atoms with E-state index in [0.29, 0.717) is 27.1 Å². The van der Waals surface area contributed by atoms with Crippen LogP contribution in [0, 0.1) is 0 Å². The van der Waals surface area contributed by atoms with E-state index >= 15 is 0 Å². The Kier molecular flexibility index (Phi) is 4.14. The Morgan fingerprint density at radius 1 is 1.05 bits per heavy atom. The maximum Gasteiger partial charge on any atom is 0.323 e. The van der Waals surface area contributed by atoms with Gasteiger partial charge in [-0.2, -0.15) is 0 Å². The molecule has 4 N–H and O–H groups in total. The summed E-state index contributed by atoms with van der Waals surface area (Å²) in [6, 6.07) is 11.3. The summed E-state index contributed by atoms with van der Waals surface area (Å²) < 4.78 is 0. The van der Waals surface area contributed by atoms with Crippen LogP contribution in [0.1, 0.15) is 0 Å². The molecule has 0 spiro atoms. The molecule has 0 aliphatic heterocycles. The first kappa shape index (κ1) is 13.5. The molecule has 0 aliphatic carbocycles. The van der Waals surface area contributed by atoms with Crippen molar-refractivity contribution in [2.24, 2.45) is 0 Å². The second kappa shape index (κ2) is 5.82. The van der Waals surface area contributed by atoms with E-state index in [1.54, 1.807) is 42.5 Å². The van der Waals surface area contributed by atoms with Crippen molar-refractivity contribution in [1.82, 2.24) is 0 Å². The van der Waals surface area contributed by atoms with E-state index in [1.807, 2.05) is 0 Å². The van der Waals surface area contributed by atoms with E-state index in [0.717, 1.165) is 0 Å². The quantitative estimate of drug-likeness (QED) is 0.726. The number of nitrogens with two attached hydrogens (primary N) is 1. The molecule has 0 aliphatic rings. The monoisotopic (exact) mass is 295 g/mol. The molecule has 0 fully saturated rings. The van der Waals surface area contributed by atoms with Gasteiger partial charge in [0.2, 0.25) is 0 Å². The summed E-state index contributed by atoms with van der Waals surface area (Å²) in [7, 11) is 0. The molecule has 19 heavy (non-hydrogen) atoms. The highest BCUT2D eigenvalue weighted by Crippen LogP contribution is 2.24. The normalized spacial score (nSPS) is 10.0. The lowest BCUT2D eigenvalue weighted by Gasteiger charge is -2.09. The largest absolute Gasteiger partial charge is 0.399 e. The summed E-state index contributed by atoms with van der Waals surface area (Å²) in [6.45, 7) is 0. The molecule has 0 radical (unpaired) electrons. The topological polar surface area (TPSA) is 67.1 Å². The van der Waals surface area contributed by atoms with E-state index in [9.17, 15) is 4.79 Å². The Morgan fingerprint density at radius 3 is 2.53 bits per heavy atom. The molecule has 0 heterocycles. The Morgan fingerprint density at radius 2 is 1.84 bits per heavy atom. The molecule has 2 aromatic carbocycles. The van der Waals surface area contributed by atoms with Crippen molar-refractivity contribution < 1.29 is 4.79 Å². The SMILES string of the molecule is Nc1ccc(NC(=O)Nc2cccc(Cl)c2)c(Cl)c1. The number of carbonyl (C=O) groups is 1. The number of urea groups is 1. The third kappa shape index (κ3) is 3.77. The zero-order chi connectivity index (χ0) is 13.8. The number of rotatable bonds is 2. The molecule has 4 nitrogen and oxygen atoms in total. The van der Waals surface area contributed by atoms with Crippen molar-refractivity contribution >= 4 is 46.3 Å². The fourth-order valence-corrected chi connectivity index (χ4v) is 1.91. The van der Waals surface area contributed by atoms with Crippen LogP contribution in [0.2, 0.25) is 10.0 Å². The van der Waals surface area contributed by atoms with Gasteiger partial charge in [-0.1, -0.05) is 29.3 Å². The Hall–Kier alpha value is -1.91. The lowest BCUT2D eigenvalue weighted by Crippen LogP contribution is -2.19. The minimum absolute atomic E-state index is 0.376. The predicted octanol–water partition coefficient (Wildman–Crippen LogP) is 4.22. The van der Waals surface area contributed by atoms with Crippen molar-refractivity contribution in [3.63, 3.8) is 0 Å². The lowest BCUT2D eigenvalue weighted by molar-refractivity contribution is 0.262. The van der Waals surface area contributed by atoms with E-state index in [2.05, 4.69) is 10.6 Å². The molecule has 0 saturated carbocycles. The van der Waals surface area contributed by atoms with Crippen LogP contribution < -0.4 is 16.4 Å². The molecule has 0 bridgehead atoms. The third-order valence-electron chi connectivity index (χ3n) is 2.32. The minimum Gasteiger partial charge on any atom is -0.399 e. The minimum atomic E-state index is -0.408. The van der Waals surface area contributed by atoms with Crippen molar-refractivity contribution in [1.29, 1.82) is 0 Å². The number of hydrogen-bond acceptors (Lipinski definition) is 2. The molecule has 0 aromatic heterocycles. The summed E-state index contributed by atoms with van der Waals surface area (Å²) >= 11 is 11.8. The van der Waals surface area contributed by atoms with Gasteiger partial charge in [-0.25, -0.2) is 4.79 Å². The van der Waals surface area contributed by atoms with E-state index in [4.69, 9.17) is 28.9 Å². The standard InChI is InChI=1S/C13H11Cl2N3O/c14-8-2-1-3-10(6-8)17-13(19)18-12-5-4-9(16)7-11(12)15/h1-7H,16H2,(H2,17,18,19). The average molecular weight is 296 g/mol. The first-order chi connectivity index (χ1) is 9.04. The van der Waals surface area contributed by atoms with Gasteiger partial charge in [0.15, 0.2) is 0 Å². The fourth-order valence-electron chi connectivity index (χ4n) is 1.48. The molecule has 2 rings (SSSR count). The van der Waals surface area contributed by atoms with Crippen LogP contribution in [-0.4, -0.2) is 6.03 Å². The highest BCUT2D eigenvalue weighted by atomic mass is 35.5. The van der Waals surface area contributed by atoms with E-state index < -0.39 is 6.03 Å². The van der Waals surface area contributed by atoms with Gasteiger partial charge < -0.3 is 16.4 Å². The summed E-state index contributed by atoms with van der Waals surface area (Å²) in [5.74, 6) is 0. The summed E-state index contributed by atoms with van der Waals surface area (Å²) in [6.07, 6.45) is 0. The molecule has 98 valence electrons. The average Bonchev–Trinajstić information content (AvgIpc) is 2.33. The molecule has 0 saturated heterocycles. The number of nitrogens with one attached hydrogen (secondary N) is 2. The lowest BCUT2D eigenvalue weighted by atomic mass is 10.3. The Bertz CT molecular complexity index is 617. The molecule has 0 atom stereocenters. The molecule has 6 heteroatoms. The Labute approximate surface area is 120 Å². The number of halogens is 2. The second-order valence-corrected chi connectivity index (χ2v) is 4.67. The van der Waals surface area contributed by atoms with Gasteiger partial charge in [0.25, 0.3) is 0 Å². The van der Waals surface area contributed by atoms with Gasteiger partial charge in [0.1, 0.15) is 0 Å². The van der Waals surface area contributed by atoms with Gasteiger partial charge in [0.05, 0.1) is 10.7 Å². The van der Waals surface area contributed by atoms with Crippen LogP contribution in [0.4, 0.5) is 21.9 Å². The fraction of sp³-hybridized carbons (Fsp3) is 0. The number of nitrogen functional groups attached to an aromatic ring is 1. The van der Waals surface area contributed by atoms with Crippen molar-refractivity contribution in [2.75, 3.05) is 16.4 Å². The van der Waals surface area contributed by atoms with Crippen LogP contribution in [0.25, 0.3) is 0 Å². The molecule has 2 aromatic rings. The molecule has 2 amide bonds. The van der Waals surface area contributed by atoms with Crippen LogP contribution in [-0.2, 0) is 0 Å². The number of amides is 2. The summed E-state index contributed by atoms with van der Waals surface area (Å²) in [4.78, 5) is 11.8. The van der Waals surface area contributed by atoms with Crippen LogP contribution in [0.3, 0.4) is 0 Å². The molecule has 0 unspecified atom stereocenters. The predicted molar refractivity (Wildman–Crippen MR) is 80.0 cm³/mol. The third-order valence-corrected chi connectivity index (χ3v) is 2.87. The first-order valence-electron chi connectivity index (χ1n) is 5.43. The van der Waals surface area contributed by atoms with E-state index in [1.165, 1.54) is 0 Å².